The lowest BCUT2D eigenvalue weighted by atomic mass is 9.72. The minimum absolute atomic E-state index is 0.103. The molecule has 4 rings (SSSR count). The Hall–Kier alpha value is -2.27. The quantitative estimate of drug-likeness (QED) is 0.799. The second-order valence-electron chi connectivity index (χ2n) is 8.54. The van der Waals surface area contributed by atoms with Crippen LogP contribution in [0.2, 0.25) is 0 Å². The molecule has 0 unspecified atom stereocenters. The van der Waals surface area contributed by atoms with Gasteiger partial charge in [0.15, 0.2) is 0 Å². The zero-order chi connectivity index (χ0) is 20.7. The van der Waals surface area contributed by atoms with Gasteiger partial charge in [-0.2, -0.15) is 0 Å². The summed E-state index contributed by atoms with van der Waals surface area (Å²) in [5, 5.41) is 11.9. The number of nitrogens with zero attached hydrogens (tertiary/aromatic N) is 1. The number of amides is 1. The Labute approximate surface area is 170 Å². The third-order valence-corrected chi connectivity index (χ3v) is 6.80. The van der Waals surface area contributed by atoms with Gasteiger partial charge in [-0.3, -0.25) is 4.79 Å². The maximum atomic E-state index is 14.0. The van der Waals surface area contributed by atoms with Crippen molar-refractivity contribution in [1.29, 1.82) is 0 Å². The molecule has 1 saturated carbocycles. The Morgan fingerprint density at radius 3 is 1.79 bits per heavy atom. The summed E-state index contributed by atoms with van der Waals surface area (Å²) in [5.74, 6) is -3.52. The second kappa shape index (κ2) is 7.21. The maximum Gasteiger partial charge on any atom is 0.259 e. The smallest absolute Gasteiger partial charge is 0.259 e. The number of carbonyl (C=O) groups excluding carboxylic acids is 1. The number of benzene rings is 2. The highest BCUT2D eigenvalue weighted by molar-refractivity contribution is 5.86. The van der Waals surface area contributed by atoms with Crippen molar-refractivity contribution in [2.75, 3.05) is 13.1 Å². The van der Waals surface area contributed by atoms with Crippen molar-refractivity contribution in [2.24, 2.45) is 11.3 Å². The predicted molar refractivity (Wildman–Crippen MR) is 107 cm³/mol. The van der Waals surface area contributed by atoms with Gasteiger partial charge >= 0.3 is 0 Å². The van der Waals surface area contributed by atoms with E-state index in [1.54, 1.807) is 4.90 Å². The van der Waals surface area contributed by atoms with E-state index in [1.165, 1.54) is 0 Å². The van der Waals surface area contributed by atoms with Gasteiger partial charge in [-0.05, 0) is 42.7 Å². The number of aliphatic hydroxyl groups is 1. The van der Waals surface area contributed by atoms with Crippen molar-refractivity contribution in [3.8, 4) is 0 Å². The van der Waals surface area contributed by atoms with Crippen LogP contribution in [0.5, 0.6) is 0 Å². The third-order valence-electron chi connectivity index (χ3n) is 6.80. The Kier molecular flexibility index (Phi) is 4.97. The van der Waals surface area contributed by atoms with Crippen LogP contribution in [0, 0.1) is 11.3 Å². The number of alkyl halides is 2. The van der Waals surface area contributed by atoms with E-state index in [2.05, 4.69) is 0 Å². The molecule has 3 nitrogen and oxygen atoms in total. The standard InChI is InChI=1S/C24H27F2NO2/c1-22(25,26)23(14-15-23)21(28)27-16-12-20(13-17-27)24(29,18-8-4-2-5-9-18)19-10-6-3-7-11-19/h2-11,20,29H,12-17H2,1H3. The molecular formula is C24H27F2NO2. The Bertz CT molecular complexity index is 812. The molecule has 0 bridgehead atoms. The highest BCUT2D eigenvalue weighted by Crippen LogP contribution is 2.58. The van der Waals surface area contributed by atoms with Crippen LogP contribution in [0.15, 0.2) is 60.7 Å². The van der Waals surface area contributed by atoms with Crippen LogP contribution in [-0.4, -0.2) is 34.9 Å². The van der Waals surface area contributed by atoms with Crippen molar-refractivity contribution >= 4 is 5.91 Å². The summed E-state index contributed by atoms with van der Waals surface area (Å²) in [5.41, 5.74) is -1.05. The van der Waals surface area contributed by atoms with Crippen molar-refractivity contribution in [3.05, 3.63) is 71.8 Å². The van der Waals surface area contributed by atoms with Gasteiger partial charge in [0.05, 0.1) is 0 Å². The number of halogens is 2. The lowest BCUT2D eigenvalue weighted by molar-refractivity contribution is -0.155. The lowest BCUT2D eigenvalue weighted by Crippen LogP contribution is -2.50. The van der Waals surface area contributed by atoms with Gasteiger partial charge in [-0.15, -0.1) is 0 Å². The van der Waals surface area contributed by atoms with Crippen LogP contribution < -0.4 is 0 Å². The molecule has 1 aliphatic heterocycles. The maximum absolute atomic E-state index is 14.0. The fourth-order valence-electron chi connectivity index (χ4n) is 4.79. The van der Waals surface area contributed by atoms with E-state index < -0.39 is 22.8 Å². The molecule has 2 fully saturated rings. The van der Waals surface area contributed by atoms with E-state index >= 15 is 0 Å². The molecule has 0 atom stereocenters. The number of likely N-dealkylation sites (tertiary alicyclic amines) is 1. The van der Waals surface area contributed by atoms with Gasteiger partial charge in [0.1, 0.15) is 11.0 Å². The molecule has 1 saturated heterocycles. The van der Waals surface area contributed by atoms with Crippen molar-refractivity contribution in [3.63, 3.8) is 0 Å². The number of carbonyl (C=O) groups is 1. The predicted octanol–water partition coefficient (Wildman–Crippen LogP) is 4.60. The van der Waals surface area contributed by atoms with Crippen molar-refractivity contribution in [2.45, 2.75) is 44.1 Å². The van der Waals surface area contributed by atoms with Crippen molar-refractivity contribution < 1.29 is 18.7 Å². The van der Waals surface area contributed by atoms with Gasteiger partial charge in [-0.25, -0.2) is 8.78 Å². The van der Waals surface area contributed by atoms with Crippen LogP contribution >= 0.6 is 0 Å². The van der Waals surface area contributed by atoms with E-state index in [0.29, 0.717) is 25.9 Å². The van der Waals surface area contributed by atoms with Crippen molar-refractivity contribution in [1.82, 2.24) is 4.90 Å². The number of piperidine rings is 1. The summed E-state index contributed by atoms with van der Waals surface area (Å²) in [7, 11) is 0. The first-order valence-electron chi connectivity index (χ1n) is 10.3. The Morgan fingerprint density at radius 1 is 0.966 bits per heavy atom. The molecule has 2 aliphatic rings. The summed E-state index contributed by atoms with van der Waals surface area (Å²) in [6.45, 7) is 1.64. The lowest BCUT2D eigenvalue weighted by Gasteiger charge is -2.43. The number of rotatable bonds is 5. The van der Waals surface area contributed by atoms with Gasteiger partial charge < -0.3 is 10.0 Å². The monoisotopic (exact) mass is 399 g/mol. The average molecular weight is 399 g/mol. The average Bonchev–Trinajstić information content (AvgIpc) is 3.56. The largest absolute Gasteiger partial charge is 0.380 e. The van der Waals surface area contributed by atoms with Crippen LogP contribution in [0.3, 0.4) is 0 Å². The third kappa shape index (κ3) is 3.35. The Morgan fingerprint density at radius 2 is 1.41 bits per heavy atom. The van der Waals surface area contributed by atoms with Gasteiger partial charge in [0.25, 0.3) is 5.92 Å². The Balaban J connectivity index is 1.56. The first-order chi connectivity index (χ1) is 13.8. The fraction of sp³-hybridized carbons (Fsp3) is 0.458. The van der Waals surface area contributed by atoms with E-state index in [4.69, 9.17) is 0 Å². The molecule has 0 radical (unpaired) electrons. The fourth-order valence-corrected chi connectivity index (χ4v) is 4.79. The molecule has 5 heteroatoms. The first kappa shape index (κ1) is 20.0. The molecule has 1 amide bonds. The van der Waals surface area contributed by atoms with E-state index in [0.717, 1.165) is 18.1 Å². The molecule has 154 valence electrons. The van der Waals surface area contributed by atoms with E-state index in [1.807, 2.05) is 60.7 Å². The molecule has 0 spiro atoms. The zero-order valence-electron chi connectivity index (χ0n) is 16.7. The zero-order valence-corrected chi connectivity index (χ0v) is 16.7. The molecular weight excluding hydrogens is 372 g/mol. The van der Waals surface area contributed by atoms with Gasteiger partial charge in [0, 0.05) is 20.0 Å². The number of hydrogen-bond acceptors (Lipinski definition) is 2. The first-order valence-corrected chi connectivity index (χ1v) is 10.3. The highest BCUT2D eigenvalue weighted by Gasteiger charge is 2.65. The molecule has 1 N–H and O–H groups in total. The minimum atomic E-state index is -2.99. The summed E-state index contributed by atoms with van der Waals surface area (Å²) in [6.07, 6.45) is 1.65. The molecule has 1 heterocycles. The van der Waals surface area contributed by atoms with Crippen LogP contribution in [0.25, 0.3) is 0 Å². The van der Waals surface area contributed by atoms with Gasteiger partial charge in [0.2, 0.25) is 5.91 Å². The van der Waals surface area contributed by atoms with Crippen LogP contribution in [0.4, 0.5) is 8.78 Å². The second-order valence-corrected chi connectivity index (χ2v) is 8.54. The van der Waals surface area contributed by atoms with E-state index in [9.17, 15) is 18.7 Å². The summed E-state index contributed by atoms with van der Waals surface area (Å²) >= 11 is 0. The topological polar surface area (TPSA) is 40.5 Å². The normalized spacial score (nSPS) is 19.8. The minimum Gasteiger partial charge on any atom is -0.380 e. The summed E-state index contributed by atoms with van der Waals surface area (Å²) in [4.78, 5) is 14.4. The summed E-state index contributed by atoms with van der Waals surface area (Å²) in [6, 6.07) is 19.1. The van der Waals surface area contributed by atoms with Gasteiger partial charge in [-0.1, -0.05) is 60.7 Å². The molecule has 2 aromatic carbocycles. The molecule has 0 aromatic heterocycles. The van der Waals surface area contributed by atoms with Crippen LogP contribution in [-0.2, 0) is 10.4 Å². The number of hydrogen-bond donors (Lipinski definition) is 1. The highest BCUT2D eigenvalue weighted by atomic mass is 19.3. The molecule has 29 heavy (non-hydrogen) atoms. The molecule has 2 aromatic rings. The summed E-state index contributed by atoms with van der Waals surface area (Å²) < 4.78 is 28.0. The molecule has 1 aliphatic carbocycles. The van der Waals surface area contributed by atoms with Crippen LogP contribution in [0.1, 0.15) is 43.7 Å². The van der Waals surface area contributed by atoms with E-state index in [-0.39, 0.29) is 18.8 Å². The SMILES string of the molecule is CC(F)(F)C1(C(=O)N2CCC(C(O)(c3ccccc3)c3ccccc3)CC2)CC1.